The SMILES string of the molecule is COc1cc(C=C2SC(=NC3CCCCC3)N(C3CCCCC3)C2=O)c(Br)cc1OCc1ccc(Cl)c(Cl)c1. The summed E-state index contributed by atoms with van der Waals surface area (Å²) in [6.45, 7) is 0.311. The summed E-state index contributed by atoms with van der Waals surface area (Å²) in [4.78, 5) is 21.6. The zero-order valence-electron chi connectivity index (χ0n) is 22.1. The van der Waals surface area contributed by atoms with Crippen LogP contribution in [0.25, 0.3) is 6.08 Å². The minimum absolute atomic E-state index is 0.0623. The lowest BCUT2D eigenvalue weighted by molar-refractivity contribution is -0.124. The Labute approximate surface area is 253 Å². The van der Waals surface area contributed by atoms with E-state index in [2.05, 4.69) is 15.9 Å². The van der Waals surface area contributed by atoms with E-state index in [-0.39, 0.29) is 11.9 Å². The van der Waals surface area contributed by atoms with Crippen molar-refractivity contribution in [1.82, 2.24) is 4.90 Å². The first kappa shape index (κ1) is 28.8. The molecule has 3 fully saturated rings. The number of halogens is 3. The fraction of sp³-hybridized carbons (Fsp3) is 0.467. The number of amidine groups is 1. The van der Waals surface area contributed by atoms with Crippen LogP contribution in [0.5, 0.6) is 11.5 Å². The van der Waals surface area contributed by atoms with Crippen molar-refractivity contribution in [3.8, 4) is 11.5 Å². The number of amides is 1. The van der Waals surface area contributed by atoms with Gasteiger partial charge in [0.15, 0.2) is 16.7 Å². The lowest BCUT2D eigenvalue weighted by Crippen LogP contribution is -2.41. The van der Waals surface area contributed by atoms with Crippen molar-refractivity contribution in [3.63, 3.8) is 0 Å². The van der Waals surface area contributed by atoms with Crippen LogP contribution in [-0.2, 0) is 11.4 Å². The van der Waals surface area contributed by atoms with E-state index < -0.39 is 0 Å². The predicted octanol–water partition coefficient (Wildman–Crippen LogP) is 9.28. The van der Waals surface area contributed by atoms with Gasteiger partial charge in [-0.3, -0.25) is 14.7 Å². The third kappa shape index (κ3) is 6.98. The van der Waals surface area contributed by atoms with Crippen molar-refractivity contribution in [3.05, 3.63) is 60.9 Å². The molecule has 1 amide bonds. The van der Waals surface area contributed by atoms with E-state index in [4.69, 9.17) is 37.7 Å². The van der Waals surface area contributed by atoms with Gasteiger partial charge in [0.2, 0.25) is 0 Å². The summed E-state index contributed by atoms with van der Waals surface area (Å²) in [6, 6.07) is 9.75. The molecule has 0 spiro atoms. The Bertz CT molecular complexity index is 1270. The minimum atomic E-state index is 0.0623. The molecule has 5 rings (SSSR count). The summed E-state index contributed by atoms with van der Waals surface area (Å²) in [6.07, 6.45) is 13.6. The Morgan fingerprint density at radius 2 is 1.72 bits per heavy atom. The quantitative estimate of drug-likeness (QED) is 0.280. The van der Waals surface area contributed by atoms with Crippen LogP contribution in [0, 0.1) is 0 Å². The molecule has 39 heavy (non-hydrogen) atoms. The number of carbonyl (C=O) groups is 1. The first-order valence-electron chi connectivity index (χ1n) is 13.7. The average molecular weight is 652 g/mol. The molecule has 0 unspecified atom stereocenters. The number of aliphatic imine (C=N–C) groups is 1. The first-order valence-corrected chi connectivity index (χ1v) is 16.0. The molecule has 0 atom stereocenters. The second-order valence-corrected chi connectivity index (χ2v) is 13.0. The van der Waals surface area contributed by atoms with Crippen LogP contribution >= 0.6 is 50.9 Å². The van der Waals surface area contributed by atoms with Crippen molar-refractivity contribution in [2.45, 2.75) is 82.9 Å². The minimum Gasteiger partial charge on any atom is -0.493 e. The third-order valence-electron chi connectivity index (χ3n) is 7.59. The molecule has 208 valence electrons. The van der Waals surface area contributed by atoms with Crippen LogP contribution in [-0.4, -0.2) is 35.2 Å². The lowest BCUT2D eigenvalue weighted by atomic mass is 9.94. The van der Waals surface area contributed by atoms with Crippen LogP contribution in [0.15, 0.2) is 44.7 Å². The predicted molar refractivity (Wildman–Crippen MR) is 165 cm³/mol. The molecule has 1 aliphatic heterocycles. The highest BCUT2D eigenvalue weighted by atomic mass is 79.9. The van der Waals surface area contributed by atoms with Gasteiger partial charge in [-0.1, -0.05) is 83.7 Å². The van der Waals surface area contributed by atoms with Crippen LogP contribution in [0.4, 0.5) is 0 Å². The summed E-state index contributed by atoms with van der Waals surface area (Å²) in [5, 5.41) is 1.88. The van der Waals surface area contributed by atoms with Gasteiger partial charge < -0.3 is 9.47 Å². The summed E-state index contributed by atoms with van der Waals surface area (Å²) in [5.41, 5.74) is 1.75. The molecule has 0 N–H and O–H groups in total. The van der Waals surface area contributed by atoms with Gasteiger partial charge in [0.05, 0.1) is 28.1 Å². The number of nitrogens with zero attached hydrogens (tertiary/aromatic N) is 2. The number of carbonyl (C=O) groups excluding carboxylic acids is 1. The summed E-state index contributed by atoms with van der Waals surface area (Å²) >= 11 is 17.4. The normalized spacial score (nSPS) is 21.2. The van der Waals surface area contributed by atoms with E-state index in [1.807, 2.05) is 29.2 Å². The second kappa shape index (κ2) is 13.3. The molecule has 2 saturated carbocycles. The molecule has 1 heterocycles. The zero-order valence-corrected chi connectivity index (χ0v) is 26.0. The highest BCUT2D eigenvalue weighted by Crippen LogP contribution is 2.41. The summed E-state index contributed by atoms with van der Waals surface area (Å²) in [7, 11) is 1.61. The first-order chi connectivity index (χ1) is 18.9. The highest BCUT2D eigenvalue weighted by Gasteiger charge is 2.39. The molecule has 2 aliphatic carbocycles. The van der Waals surface area contributed by atoms with Gasteiger partial charge >= 0.3 is 0 Å². The number of ether oxygens (including phenoxy) is 2. The molecule has 9 heteroatoms. The molecule has 5 nitrogen and oxygen atoms in total. The number of rotatable bonds is 7. The Balaban J connectivity index is 1.39. The highest BCUT2D eigenvalue weighted by molar-refractivity contribution is 9.10. The molecule has 2 aromatic carbocycles. The lowest BCUT2D eigenvalue weighted by Gasteiger charge is -2.31. The molecule has 1 saturated heterocycles. The molecule has 0 aromatic heterocycles. The summed E-state index contributed by atoms with van der Waals surface area (Å²) < 4.78 is 12.5. The van der Waals surface area contributed by atoms with Crippen molar-refractivity contribution < 1.29 is 14.3 Å². The van der Waals surface area contributed by atoms with E-state index in [1.54, 1.807) is 19.2 Å². The number of methoxy groups -OCH3 is 1. The van der Waals surface area contributed by atoms with E-state index >= 15 is 0 Å². The molecular formula is C30H33BrCl2N2O3S. The van der Waals surface area contributed by atoms with Crippen LogP contribution in [0.2, 0.25) is 10.0 Å². The van der Waals surface area contributed by atoms with E-state index in [1.165, 1.54) is 50.3 Å². The van der Waals surface area contributed by atoms with Crippen LogP contribution in [0.3, 0.4) is 0 Å². The Morgan fingerprint density at radius 3 is 2.41 bits per heavy atom. The topological polar surface area (TPSA) is 51.1 Å². The van der Waals surface area contributed by atoms with E-state index in [0.29, 0.717) is 39.1 Å². The average Bonchev–Trinajstić information content (AvgIpc) is 3.25. The molecule has 0 radical (unpaired) electrons. The fourth-order valence-electron chi connectivity index (χ4n) is 5.47. The summed E-state index contributed by atoms with van der Waals surface area (Å²) in [5.74, 6) is 1.24. The van der Waals surface area contributed by atoms with Crippen LogP contribution < -0.4 is 9.47 Å². The number of hydrogen-bond acceptors (Lipinski definition) is 5. The third-order valence-corrected chi connectivity index (χ3v) is 10.0. The van der Waals surface area contributed by atoms with Gasteiger partial charge in [-0.25, -0.2) is 0 Å². The maximum atomic E-state index is 13.8. The zero-order chi connectivity index (χ0) is 27.4. The van der Waals surface area contributed by atoms with Gasteiger partial charge in [0, 0.05) is 10.5 Å². The number of benzene rings is 2. The number of hydrogen-bond donors (Lipinski definition) is 0. The molecule has 0 bridgehead atoms. The Morgan fingerprint density at radius 1 is 1.00 bits per heavy atom. The van der Waals surface area contributed by atoms with Gasteiger partial charge in [0.25, 0.3) is 5.91 Å². The smallest absolute Gasteiger partial charge is 0.267 e. The Hall–Kier alpha value is -1.67. The Kier molecular flexibility index (Phi) is 9.86. The largest absolute Gasteiger partial charge is 0.493 e. The fourth-order valence-corrected chi connectivity index (χ4v) is 7.33. The monoisotopic (exact) mass is 650 g/mol. The van der Waals surface area contributed by atoms with Gasteiger partial charge in [-0.2, -0.15) is 0 Å². The molecule has 2 aromatic rings. The van der Waals surface area contributed by atoms with Crippen molar-refractivity contribution in [2.24, 2.45) is 4.99 Å². The van der Waals surface area contributed by atoms with E-state index in [9.17, 15) is 4.79 Å². The van der Waals surface area contributed by atoms with E-state index in [0.717, 1.165) is 46.5 Å². The number of thioether (sulfide) groups is 1. The van der Waals surface area contributed by atoms with Gasteiger partial charge in [-0.15, -0.1) is 0 Å². The second-order valence-electron chi connectivity index (χ2n) is 10.3. The van der Waals surface area contributed by atoms with Crippen molar-refractivity contribution in [1.29, 1.82) is 0 Å². The van der Waals surface area contributed by atoms with Crippen LogP contribution in [0.1, 0.15) is 75.3 Å². The van der Waals surface area contributed by atoms with Crippen molar-refractivity contribution in [2.75, 3.05) is 7.11 Å². The van der Waals surface area contributed by atoms with Crippen molar-refractivity contribution >= 4 is 68.0 Å². The van der Waals surface area contributed by atoms with Gasteiger partial charge in [0.1, 0.15) is 6.61 Å². The molecular weight excluding hydrogens is 619 g/mol. The maximum absolute atomic E-state index is 13.8. The van der Waals surface area contributed by atoms with Gasteiger partial charge in [-0.05, 0) is 78.9 Å². The maximum Gasteiger partial charge on any atom is 0.267 e. The standard InChI is InChI=1S/C30H33BrCl2N2O3S/c1-37-26-15-20(23(31)17-27(26)38-18-19-12-13-24(32)25(33)14-19)16-28-29(36)35(22-10-6-3-7-11-22)30(39-28)34-21-8-4-2-5-9-21/h12-17,21-22H,2-11,18H2,1H3. The molecule has 3 aliphatic rings.